The van der Waals surface area contributed by atoms with E-state index in [1.807, 2.05) is 0 Å². The molecule has 0 saturated carbocycles. The quantitative estimate of drug-likeness (QED) is 0.0784. The van der Waals surface area contributed by atoms with Crippen molar-refractivity contribution < 1.29 is 22.5 Å². The molecule has 0 aliphatic heterocycles. The molecule has 1 aromatic rings. The Bertz CT molecular complexity index is 775. The van der Waals surface area contributed by atoms with Gasteiger partial charge >= 0.3 is 0 Å². The van der Waals surface area contributed by atoms with Crippen molar-refractivity contribution in [3.05, 3.63) is 29.8 Å². The Balaban J connectivity index is 1.84. The lowest BCUT2D eigenvalue weighted by Gasteiger charge is -2.07. The van der Waals surface area contributed by atoms with Gasteiger partial charge in [0.1, 0.15) is 4.90 Å². The van der Waals surface area contributed by atoms with Gasteiger partial charge in [-0.1, -0.05) is 128 Å². The van der Waals surface area contributed by atoms with E-state index in [9.17, 15) is 17.8 Å². The summed E-state index contributed by atoms with van der Waals surface area (Å²) >= 11 is 0. The van der Waals surface area contributed by atoms with Crippen LogP contribution < -0.4 is 0 Å². The van der Waals surface area contributed by atoms with Crippen LogP contribution in [0.25, 0.3) is 0 Å². The highest BCUT2D eigenvalue weighted by Gasteiger charge is 2.19. The summed E-state index contributed by atoms with van der Waals surface area (Å²) in [5, 5.41) is 0. The van der Waals surface area contributed by atoms with E-state index in [0.29, 0.717) is 6.42 Å². The first-order valence-corrected chi connectivity index (χ1v) is 16.1. The Labute approximate surface area is 221 Å². The highest BCUT2D eigenvalue weighted by Crippen LogP contribution is 2.18. The average molecular weight is 525 g/mol. The summed E-state index contributed by atoms with van der Waals surface area (Å²) in [5.41, 5.74) is 0.0805. The fourth-order valence-corrected chi connectivity index (χ4v) is 5.29. The van der Waals surface area contributed by atoms with Gasteiger partial charge in [-0.3, -0.25) is 9.35 Å². The fraction of sp³-hybridized carbons (Fsp3) is 0.767. The Kier molecular flexibility index (Phi) is 19.9. The van der Waals surface area contributed by atoms with Gasteiger partial charge in [-0.05, 0) is 25.3 Å². The average Bonchev–Trinajstić information content (AvgIpc) is 2.86. The van der Waals surface area contributed by atoms with Gasteiger partial charge in [-0.25, -0.2) is 0 Å². The molecule has 1 aromatic carbocycles. The Hall–Kier alpha value is -1.24. The summed E-state index contributed by atoms with van der Waals surface area (Å²) in [6.45, 7) is 3.94. The molecule has 0 atom stereocenters. The number of carbonyl (C=O) groups excluding carboxylic acids is 1. The molecule has 0 aliphatic carbocycles. The molecule has 0 spiro atoms. The van der Waals surface area contributed by atoms with Crippen LogP contribution in [-0.4, -0.2) is 32.0 Å². The van der Waals surface area contributed by atoms with Crippen molar-refractivity contribution in [1.29, 1.82) is 0 Å². The largest absolute Gasteiger partial charge is 0.381 e. The molecule has 0 radical (unpaired) electrons. The van der Waals surface area contributed by atoms with Gasteiger partial charge in [0.15, 0.2) is 5.78 Å². The number of Topliss-reactive ketones (excluding diaryl/α,β-unsaturated/α-hetero) is 1. The predicted octanol–water partition coefficient (Wildman–Crippen LogP) is 8.95. The molecular formula is C30H52O5S. The molecule has 0 amide bonds. The predicted molar refractivity (Wildman–Crippen MR) is 149 cm³/mol. The molecule has 0 bridgehead atoms. The summed E-state index contributed by atoms with van der Waals surface area (Å²) < 4.78 is 37.9. The van der Waals surface area contributed by atoms with E-state index in [2.05, 4.69) is 6.92 Å². The summed E-state index contributed by atoms with van der Waals surface area (Å²) in [7, 11) is -4.38. The number of rotatable bonds is 25. The van der Waals surface area contributed by atoms with Gasteiger partial charge in [0.2, 0.25) is 0 Å². The third-order valence-electron chi connectivity index (χ3n) is 6.80. The van der Waals surface area contributed by atoms with Crippen LogP contribution in [0, 0.1) is 0 Å². The molecule has 6 heteroatoms. The van der Waals surface area contributed by atoms with Gasteiger partial charge in [0.25, 0.3) is 10.1 Å². The molecule has 1 rings (SSSR count). The van der Waals surface area contributed by atoms with E-state index in [1.165, 1.54) is 102 Å². The molecule has 0 saturated heterocycles. The number of hydrogen-bond acceptors (Lipinski definition) is 4. The number of ether oxygens (including phenoxy) is 1. The topological polar surface area (TPSA) is 80.7 Å². The second kappa shape index (κ2) is 21.8. The highest BCUT2D eigenvalue weighted by atomic mass is 32.2. The summed E-state index contributed by atoms with van der Waals surface area (Å²) in [4.78, 5) is 12.0. The molecule has 0 unspecified atom stereocenters. The number of benzene rings is 1. The lowest BCUT2D eigenvalue weighted by atomic mass is 10.0. The minimum Gasteiger partial charge on any atom is -0.381 e. The van der Waals surface area contributed by atoms with Gasteiger partial charge in [0.05, 0.1) is 0 Å². The minimum absolute atomic E-state index is 0.0805. The van der Waals surface area contributed by atoms with Crippen molar-refractivity contribution in [3.63, 3.8) is 0 Å². The summed E-state index contributed by atoms with van der Waals surface area (Å²) in [5.74, 6) is -0.236. The first-order chi connectivity index (χ1) is 17.5. The van der Waals surface area contributed by atoms with Crippen LogP contribution >= 0.6 is 0 Å². The van der Waals surface area contributed by atoms with Gasteiger partial charge in [-0.2, -0.15) is 8.42 Å². The maximum Gasteiger partial charge on any atom is 0.295 e. The van der Waals surface area contributed by atoms with Crippen LogP contribution in [0.2, 0.25) is 0 Å². The van der Waals surface area contributed by atoms with Crippen LogP contribution in [0.15, 0.2) is 29.2 Å². The van der Waals surface area contributed by atoms with Crippen molar-refractivity contribution in [1.82, 2.24) is 0 Å². The number of unbranched alkanes of at least 4 members (excludes halogenated alkanes) is 17. The lowest BCUT2D eigenvalue weighted by Crippen LogP contribution is -2.08. The Morgan fingerprint density at radius 3 is 1.56 bits per heavy atom. The third-order valence-corrected chi connectivity index (χ3v) is 7.71. The van der Waals surface area contributed by atoms with E-state index in [1.54, 1.807) is 6.07 Å². The number of ketones is 1. The highest BCUT2D eigenvalue weighted by molar-refractivity contribution is 7.86. The smallest absolute Gasteiger partial charge is 0.295 e. The summed E-state index contributed by atoms with van der Waals surface area (Å²) in [6, 6.07) is 5.84. The number of hydrogen-bond donors (Lipinski definition) is 1. The third kappa shape index (κ3) is 17.3. The van der Waals surface area contributed by atoms with Crippen molar-refractivity contribution >= 4 is 15.9 Å². The normalized spacial score (nSPS) is 11.7. The maximum absolute atomic E-state index is 12.3. The minimum atomic E-state index is -4.38. The molecule has 0 aliphatic rings. The lowest BCUT2D eigenvalue weighted by molar-refractivity contribution is 0.0975. The monoisotopic (exact) mass is 524 g/mol. The van der Waals surface area contributed by atoms with Crippen LogP contribution in [0.1, 0.15) is 146 Å². The van der Waals surface area contributed by atoms with Crippen molar-refractivity contribution in [2.45, 2.75) is 140 Å². The van der Waals surface area contributed by atoms with Gasteiger partial charge in [0, 0.05) is 25.2 Å². The maximum atomic E-state index is 12.3. The van der Waals surface area contributed by atoms with E-state index in [4.69, 9.17) is 4.74 Å². The van der Waals surface area contributed by atoms with Crippen LogP contribution in [0.3, 0.4) is 0 Å². The molecular weight excluding hydrogens is 472 g/mol. The molecule has 0 heterocycles. The molecule has 0 fully saturated rings. The summed E-state index contributed by atoms with van der Waals surface area (Å²) in [6.07, 6.45) is 24.3. The molecule has 208 valence electrons. The SMILES string of the molecule is CCCCCCCCCCCCCCCCOCCCCCCCC(=O)c1ccccc1S(=O)(=O)O. The van der Waals surface area contributed by atoms with E-state index in [0.717, 1.165) is 51.7 Å². The second-order valence-corrected chi connectivity index (χ2v) is 11.5. The molecule has 36 heavy (non-hydrogen) atoms. The van der Waals surface area contributed by atoms with Crippen LogP contribution in [0.4, 0.5) is 0 Å². The van der Waals surface area contributed by atoms with E-state index < -0.39 is 10.1 Å². The number of carbonyl (C=O) groups is 1. The standard InChI is InChI=1S/C30H52O5S/c1-2-3-4-5-6-7-8-9-10-11-12-13-16-21-26-35-27-22-17-14-15-18-24-29(31)28-23-19-20-25-30(28)36(32,33)34/h19-20,23,25H,2-18,21-22,24,26-27H2,1H3,(H,32,33,34). The van der Waals surface area contributed by atoms with Crippen molar-refractivity contribution in [2.24, 2.45) is 0 Å². The van der Waals surface area contributed by atoms with E-state index >= 15 is 0 Å². The van der Waals surface area contributed by atoms with Crippen LogP contribution in [-0.2, 0) is 14.9 Å². The Morgan fingerprint density at radius 1 is 0.667 bits per heavy atom. The Morgan fingerprint density at radius 2 is 1.08 bits per heavy atom. The van der Waals surface area contributed by atoms with Gasteiger partial charge in [-0.15, -0.1) is 0 Å². The van der Waals surface area contributed by atoms with Gasteiger partial charge < -0.3 is 4.74 Å². The molecule has 5 nitrogen and oxygen atoms in total. The zero-order valence-corrected chi connectivity index (χ0v) is 23.7. The fourth-order valence-electron chi connectivity index (χ4n) is 4.58. The van der Waals surface area contributed by atoms with E-state index in [-0.39, 0.29) is 16.2 Å². The molecule has 0 aromatic heterocycles. The second-order valence-electron chi connectivity index (χ2n) is 10.1. The van der Waals surface area contributed by atoms with Crippen molar-refractivity contribution in [2.75, 3.05) is 13.2 Å². The first kappa shape index (κ1) is 32.8. The molecule has 1 N–H and O–H groups in total. The zero-order valence-electron chi connectivity index (χ0n) is 22.9. The zero-order chi connectivity index (χ0) is 26.3. The van der Waals surface area contributed by atoms with Crippen LogP contribution in [0.5, 0.6) is 0 Å². The first-order valence-electron chi connectivity index (χ1n) is 14.6. The van der Waals surface area contributed by atoms with Crippen molar-refractivity contribution in [3.8, 4) is 0 Å².